The van der Waals surface area contributed by atoms with E-state index in [1.807, 2.05) is 0 Å². The van der Waals surface area contributed by atoms with E-state index in [0.29, 0.717) is 12.4 Å². The van der Waals surface area contributed by atoms with Crippen molar-refractivity contribution < 1.29 is 23.0 Å². The Labute approximate surface area is 98.3 Å². The molecule has 1 aromatic rings. The molecule has 1 aromatic carbocycles. The molecule has 3 nitrogen and oxygen atoms in total. The number of carbonyl (C=O) groups is 1. The molecule has 1 rings (SSSR count). The van der Waals surface area contributed by atoms with Crippen molar-refractivity contribution in [3.8, 4) is 11.5 Å². The predicted molar refractivity (Wildman–Crippen MR) is 58.6 cm³/mol. The van der Waals surface area contributed by atoms with Gasteiger partial charge in [0.15, 0.2) is 23.1 Å². The largest absolute Gasteiger partial charge is 0.493 e. The van der Waals surface area contributed by atoms with Gasteiger partial charge in [0.2, 0.25) is 0 Å². The van der Waals surface area contributed by atoms with E-state index in [2.05, 4.69) is 0 Å². The molecule has 0 saturated heterocycles. The number of hydrogen-bond donors (Lipinski definition) is 0. The van der Waals surface area contributed by atoms with Gasteiger partial charge in [-0.2, -0.15) is 0 Å². The first kappa shape index (κ1) is 13.4. The Morgan fingerprint density at radius 3 is 2.06 bits per heavy atom. The third-order valence-electron chi connectivity index (χ3n) is 2.53. The third kappa shape index (κ3) is 2.54. The molecule has 0 fully saturated rings. The molecular weight excluding hydrogens is 230 g/mol. The van der Waals surface area contributed by atoms with Crippen LogP contribution >= 0.6 is 0 Å². The van der Waals surface area contributed by atoms with Crippen LogP contribution in [0.5, 0.6) is 11.5 Å². The number of benzene rings is 1. The average Bonchev–Trinajstić information content (AvgIpc) is 2.28. The summed E-state index contributed by atoms with van der Waals surface area (Å²) in [6.07, 6.45) is 0.821. The molecule has 0 aromatic heterocycles. The lowest BCUT2D eigenvalue weighted by Crippen LogP contribution is -2.06. The van der Waals surface area contributed by atoms with Crippen LogP contribution in [0.25, 0.3) is 0 Å². The zero-order valence-corrected chi connectivity index (χ0v) is 9.92. The number of carbonyl (C=O) groups excluding carboxylic acids is 1. The second-order valence-electron chi connectivity index (χ2n) is 3.62. The summed E-state index contributed by atoms with van der Waals surface area (Å²) in [5, 5.41) is 0. The summed E-state index contributed by atoms with van der Waals surface area (Å²) in [5.41, 5.74) is 0.236. The van der Waals surface area contributed by atoms with E-state index in [9.17, 15) is 13.6 Å². The Bertz CT molecular complexity index is 390. The maximum absolute atomic E-state index is 13.5. The highest BCUT2D eigenvalue weighted by atomic mass is 19.1. The molecule has 0 amide bonds. The Hall–Kier alpha value is -1.65. The minimum absolute atomic E-state index is 0.0856. The zero-order chi connectivity index (χ0) is 13.0. The van der Waals surface area contributed by atoms with E-state index < -0.39 is 11.6 Å². The van der Waals surface area contributed by atoms with Crippen molar-refractivity contribution in [1.29, 1.82) is 0 Å². The maximum Gasteiger partial charge on any atom is 0.168 e. The summed E-state index contributed by atoms with van der Waals surface area (Å²) in [5.74, 6) is -2.17. The standard InChI is InChI=1S/C12H14F2O3/c1-7(4-5-15)10-11(16-2)8(13)6-9(14)12(10)17-3/h5-7H,4H2,1-3H3. The van der Waals surface area contributed by atoms with Gasteiger partial charge in [-0.05, 0) is 5.92 Å². The summed E-state index contributed by atoms with van der Waals surface area (Å²) in [6.45, 7) is 1.67. The zero-order valence-electron chi connectivity index (χ0n) is 9.92. The highest BCUT2D eigenvalue weighted by molar-refractivity contribution is 5.56. The number of halogens is 2. The molecule has 17 heavy (non-hydrogen) atoms. The van der Waals surface area contributed by atoms with Crippen LogP contribution in [0, 0.1) is 11.6 Å². The highest BCUT2D eigenvalue weighted by Gasteiger charge is 2.24. The van der Waals surface area contributed by atoms with Crippen LogP contribution < -0.4 is 9.47 Å². The summed E-state index contributed by atoms with van der Waals surface area (Å²) in [6, 6.07) is 0.703. The lowest BCUT2D eigenvalue weighted by Gasteiger charge is -2.18. The van der Waals surface area contributed by atoms with Gasteiger partial charge in [0.1, 0.15) is 6.29 Å². The number of aldehydes is 1. The fourth-order valence-corrected chi connectivity index (χ4v) is 1.73. The van der Waals surface area contributed by atoms with Gasteiger partial charge in [-0.15, -0.1) is 0 Å². The molecule has 0 N–H and O–H groups in total. The summed E-state index contributed by atoms with van der Waals surface area (Å²) >= 11 is 0. The van der Waals surface area contributed by atoms with Crippen molar-refractivity contribution in [3.63, 3.8) is 0 Å². The van der Waals surface area contributed by atoms with Crippen molar-refractivity contribution in [1.82, 2.24) is 0 Å². The smallest absolute Gasteiger partial charge is 0.168 e. The second kappa shape index (κ2) is 5.61. The average molecular weight is 244 g/mol. The monoisotopic (exact) mass is 244 g/mol. The maximum atomic E-state index is 13.5. The second-order valence-corrected chi connectivity index (χ2v) is 3.62. The van der Waals surface area contributed by atoms with Crippen molar-refractivity contribution in [2.45, 2.75) is 19.3 Å². The summed E-state index contributed by atoms with van der Waals surface area (Å²) in [7, 11) is 2.57. The van der Waals surface area contributed by atoms with E-state index in [1.165, 1.54) is 14.2 Å². The van der Waals surface area contributed by atoms with Crippen LogP contribution in [0.1, 0.15) is 24.8 Å². The van der Waals surface area contributed by atoms with Crippen LogP contribution in [0.4, 0.5) is 8.78 Å². The first-order chi connectivity index (χ1) is 8.06. The number of methoxy groups -OCH3 is 2. The minimum atomic E-state index is -0.807. The van der Waals surface area contributed by atoms with E-state index in [0.717, 1.165) is 0 Å². The van der Waals surface area contributed by atoms with Gasteiger partial charge < -0.3 is 14.3 Å². The summed E-state index contributed by atoms with van der Waals surface area (Å²) in [4.78, 5) is 10.5. The quantitative estimate of drug-likeness (QED) is 0.747. The van der Waals surface area contributed by atoms with Crippen molar-refractivity contribution in [3.05, 3.63) is 23.3 Å². The normalized spacial score (nSPS) is 12.1. The number of rotatable bonds is 5. The van der Waals surface area contributed by atoms with Crippen LogP contribution in [0.15, 0.2) is 6.07 Å². The van der Waals surface area contributed by atoms with Gasteiger partial charge in [-0.3, -0.25) is 0 Å². The molecule has 94 valence electrons. The van der Waals surface area contributed by atoms with E-state index in [1.54, 1.807) is 6.92 Å². The predicted octanol–water partition coefficient (Wildman–Crippen LogP) is 2.67. The van der Waals surface area contributed by atoms with Crippen molar-refractivity contribution in [2.75, 3.05) is 14.2 Å². The third-order valence-corrected chi connectivity index (χ3v) is 2.53. The minimum Gasteiger partial charge on any atom is -0.493 e. The topological polar surface area (TPSA) is 35.5 Å². The molecule has 0 bridgehead atoms. The molecule has 5 heteroatoms. The fraction of sp³-hybridized carbons (Fsp3) is 0.417. The van der Waals surface area contributed by atoms with Gasteiger partial charge in [-0.1, -0.05) is 6.92 Å². The Morgan fingerprint density at radius 2 is 1.71 bits per heavy atom. The molecule has 0 heterocycles. The SMILES string of the molecule is COc1c(F)cc(F)c(OC)c1C(C)CC=O. The molecule has 1 unspecified atom stereocenters. The van der Waals surface area contributed by atoms with Crippen LogP contribution in [0.2, 0.25) is 0 Å². The lowest BCUT2D eigenvalue weighted by atomic mass is 9.96. The first-order valence-electron chi connectivity index (χ1n) is 5.10. The Morgan fingerprint density at radius 1 is 1.24 bits per heavy atom. The van der Waals surface area contributed by atoms with Gasteiger partial charge in [-0.25, -0.2) is 8.78 Å². The fourth-order valence-electron chi connectivity index (χ4n) is 1.73. The summed E-state index contributed by atoms with van der Waals surface area (Å²) < 4.78 is 36.8. The van der Waals surface area contributed by atoms with Crippen LogP contribution in [-0.2, 0) is 4.79 Å². The highest BCUT2D eigenvalue weighted by Crippen LogP contribution is 2.40. The molecule has 0 spiro atoms. The van der Waals surface area contributed by atoms with Crippen molar-refractivity contribution in [2.24, 2.45) is 0 Å². The lowest BCUT2D eigenvalue weighted by molar-refractivity contribution is -0.108. The van der Waals surface area contributed by atoms with Crippen LogP contribution in [-0.4, -0.2) is 20.5 Å². The molecule has 0 radical (unpaired) electrons. The first-order valence-corrected chi connectivity index (χ1v) is 5.10. The molecule has 0 aliphatic heterocycles. The Balaban J connectivity index is 3.44. The number of hydrogen-bond acceptors (Lipinski definition) is 3. The van der Waals surface area contributed by atoms with Crippen LogP contribution in [0.3, 0.4) is 0 Å². The molecule has 0 aliphatic carbocycles. The van der Waals surface area contributed by atoms with Gasteiger partial charge >= 0.3 is 0 Å². The van der Waals surface area contributed by atoms with Gasteiger partial charge in [0, 0.05) is 18.1 Å². The van der Waals surface area contributed by atoms with Gasteiger partial charge in [0.25, 0.3) is 0 Å². The number of ether oxygens (including phenoxy) is 2. The molecule has 0 saturated carbocycles. The van der Waals surface area contributed by atoms with E-state index in [4.69, 9.17) is 9.47 Å². The van der Waals surface area contributed by atoms with Crippen molar-refractivity contribution >= 4 is 6.29 Å². The Kier molecular flexibility index (Phi) is 4.43. The molecular formula is C12H14F2O3. The van der Waals surface area contributed by atoms with E-state index in [-0.39, 0.29) is 29.4 Å². The molecule has 1 atom stereocenters. The van der Waals surface area contributed by atoms with E-state index >= 15 is 0 Å². The van der Waals surface area contributed by atoms with Gasteiger partial charge in [0.05, 0.1) is 14.2 Å². The molecule has 0 aliphatic rings.